The lowest BCUT2D eigenvalue weighted by Crippen LogP contribution is -2.30. The molecule has 0 aliphatic carbocycles. The van der Waals surface area contributed by atoms with Crippen LogP contribution >= 0.6 is 11.3 Å². The van der Waals surface area contributed by atoms with E-state index in [2.05, 4.69) is 15.3 Å². The standard InChI is InChI=1S/C20H16FN3O2S/c1-12(26-14-8-6-13(21)7-9-14)19(25)24-20-23-18(11-27-20)16-10-22-17-5-3-2-4-15(16)17/h2-12,22H,1H3,(H,23,24,25). The van der Waals surface area contributed by atoms with E-state index >= 15 is 0 Å². The van der Waals surface area contributed by atoms with Gasteiger partial charge in [0.05, 0.1) is 5.69 Å². The van der Waals surface area contributed by atoms with Crippen molar-refractivity contribution < 1.29 is 13.9 Å². The predicted molar refractivity (Wildman–Crippen MR) is 105 cm³/mol. The summed E-state index contributed by atoms with van der Waals surface area (Å²) < 4.78 is 18.5. The van der Waals surface area contributed by atoms with Crippen molar-refractivity contribution in [3.8, 4) is 17.0 Å². The Balaban J connectivity index is 1.45. The number of benzene rings is 2. The van der Waals surface area contributed by atoms with Gasteiger partial charge in [0, 0.05) is 28.0 Å². The van der Waals surface area contributed by atoms with Gasteiger partial charge in [0.25, 0.3) is 5.91 Å². The fourth-order valence-corrected chi connectivity index (χ4v) is 3.43. The van der Waals surface area contributed by atoms with Crippen molar-refractivity contribution >= 4 is 33.3 Å². The number of hydrogen-bond acceptors (Lipinski definition) is 4. The minimum Gasteiger partial charge on any atom is -0.481 e. The Bertz CT molecular complexity index is 1090. The number of aromatic nitrogens is 2. The Morgan fingerprint density at radius 1 is 1.22 bits per heavy atom. The topological polar surface area (TPSA) is 67.0 Å². The molecule has 0 aliphatic heterocycles. The van der Waals surface area contributed by atoms with Crippen LogP contribution in [0.4, 0.5) is 9.52 Å². The minimum atomic E-state index is -0.740. The van der Waals surface area contributed by atoms with Crippen LogP contribution in [0, 0.1) is 5.82 Å². The number of hydrogen-bond donors (Lipinski definition) is 2. The molecule has 2 aromatic carbocycles. The van der Waals surface area contributed by atoms with E-state index in [0.717, 1.165) is 22.2 Å². The van der Waals surface area contributed by atoms with E-state index in [1.54, 1.807) is 6.92 Å². The van der Waals surface area contributed by atoms with Crippen molar-refractivity contribution in [1.82, 2.24) is 9.97 Å². The number of H-pyrrole nitrogens is 1. The molecule has 0 radical (unpaired) electrons. The number of thiazole rings is 1. The van der Waals surface area contributed by atoms with Crippen molar-refractivity contribution in [1.29, 1.82) is 0 Å². The zero-order valence-electron chi connectivity index (χ0n) is 14.4. The third kappa shape index (κ3) is 3.68. The van der Waals surface area contributed by atoms with Gasteiger partial charge in [-0.3, -0.25) is 10.1 Å². The molecule has 2 N–H and O–H groups in total. The van der Waals surface area contributed by atoms with Crippen LogP contribution in [0.25, 0.3) is 22.2 Å². The maximum absolute atomic E-state index is 12.9. The number of ether oxygens (including phenoxy) is 1. The molecule has 1 atom stereocenters. The molecule has 7 heteroatoms. The summed E-state index contributed by atoms with van der Waals surface area (Å²) >= 11 is 1.35. The largest absolute Gasteiger partial charge is 0.481 e. The molecule has 0 fully saturated rings. The Labute approximate surface area is 158 Å². The minimum absolute atomic E-state index is 0.320. The van der Waals surface area contributed by atoms with Gasteiger partial charge in [-0.15, -0.1) is 11.3 Å². The number of anilines is 1. The fourth-order valence-electron chi connectivity index (χ4n) is 2.72. The predicted octanol–water partition coefficient (Wildman–Crippen LogP) is 4.84. The number of rotatable bonds is 5. The third-order valence-corrected chi connectivity index (χ3v) is 4.85. The van der Waals surface area contributed by atoms with Crippen molar-refractivity contribution in [2.75, 3.05) is 5.32 Å². The number of amides is 1. The molecule has 136 valence electrons. The van der Waals surface area contributed by atoms with E-state index in [1.165, 1.54) is 35.6 Å². The van der Waals surface area contributed by atoms with Gasteiger partial charge in [-0.2, -0.15) is 0 Å². The van der Waals surface area contributed by atoms with Crippen molar-refractivity contribution in [3.05, 3.63) is 65.9 Å². The molecule has 0 saturated heterocycles. The SMILES string of the molecule is CC(Oc1ccc(F)cc1)C(=O)Nc1nc(-c2c[nH]c3ccccc23)cs1. The number of halogens is 1. The van der Waals surface area contributed by atoms with Gasteiger partial charge in [-0.1, -0.05) is 18.2 Å². The van der Waals surface area contributed by atoms with Crippen LogP contribution in [-0.2, 0) is 4.79 Å². The van der Waals surface area contributed by atoms with Gasteiger partial charge in [0.2, 0.25) is 0 Å². The van der Waals surface area contributed by atoms with Crippen LogP contribution in [-0.4, -0.2) is 22.0 Å². The molecule has 27 heavy (non-hydrogen) atoms. The van der Waals surface area contributed by atoms with Gasteiger partial charge in [-0.05, 0) is 37.3 Å². The summed E-state index contributed by atoms with van der Waals surface area (Å²) in [7, 11) is 0. The lowest BCUT2D eigenvalue weighted by atomic mass is 10.1. The summed E-state index contributed by atoms with van der Waals surface area (Å²) in [6.07, 6.45) is 1.17. The van der Waals surface area contributed by atoms with E-state index < -0.39 is 6.10 Å². The van der Waals surface area contributed by atoms with E-state index in [-0.39, 0.29) is 11.7 Å². The Kier molecular flexibility index (Phi) is 4.60. The van der Waals surface area contributed by atoms with Gasteiger partial charge in [0.1, 0.15) is 11.6 Å². The first kappa shape index (κ1) is 17.2. The molecule has 1 amide bonds. The first-order chi connectivity index (χ1) is 13.1. The second-order valence-corrected chi connectivity index (χ2v) is 6.85. The molecule has 2 heterocycles. The maximum atomic E-state index is 12.9. The van der Waals surface area contributed by atoms with Crippen LogP contribution in [0.3, 0.4) is 0 Å². The summed E-state index contributed by atoms with van der Waals surface area (Å²) in [5.41, 5.74) is 2.81. The first-order valence-corrected chi connectivity index (χ1v) is 9.23. The van der Waals surface area contributed by atoms with E-state index in [4.69, 9.17) is 4.74 Å². The highest BCUT2D eigenvalue weighted by Crippen LogP contribution is 2.31. The highest BCUT2D eigenvalue weighted by atomic mass is 32.1. The van der Waals surface area contributed by atoms with Gasteiger partial charge in [0.15, 0.2) is 11.2 Å². The van der Waals surface area contributed by atoms with E-state index in [0.29, 0.717) is 10.9 Å². The molecule has 0 saturated carbocycles. The number of aromatic amines is 1. The third-order valence-electron chi connectivity index (χ3n) is 4.10. The average Bonchev–Trinajstić information content (AvgIpc) is 3.30. The number of carbonyl (C=O) groups is 1. The van der Waals surface area contributed by atoms with Gasteiger partial charge >= 0.3 is 0 Å². The lowest BCUT2D eigenvalue weighted by molar-refractivity contribution is -0.122. The second-order valence-electron chi connectivity index (χ2n) is 5.99. The van der Waals surface area contributed by atoms with Gasteiger partial charge in [-0.25, -0.2) is 9.37 Å². The lowest BCUT2D eigenvalue weighted by Gasteiger charge is -2.13. The van der Waals surface area contributed by atoms with Crippen LogP contribution < -0.4 is 10.1 Å². The van der Waals surface area contributed by atoms with Crippen molar-refractivity contribution in [2.24, 2.45) is 0 Å². The molecule has 4 rings (SSSR count). The molecule has 0 aliphatic rings. The molecule has 4 aromatic rings. The number of nitrogens with zero attached hydrogens (tertiary/aromatic N) is 1. The summed E-state index contributed by atoms with van der Waals surface area (Å²) in [6, 6.07) is 13.5. The normalized spacial score (nSPS) is 12.1. The molecular formula is C20H16FN3O2S. The van der Waals surface area contributed by atoms with E-state index in [1.807, 2.05) is 35.8 Å². The quantitative estimate of drug-likeness (QED) is 0.520. The first-order valence-electron chi connectivity index (χ1n) is 8.35. The zero-order valence-corrected chi connectivity index (χ0v) is 15.2. The summed E-state index contributed by atoms with van der Waals surface area (Å²) in [4.78, 5) is 20.1. The number of para-hydroxylation sites is 1. The Morgan fingerprint density at radius 3 is 2.81 bits per heavy atom. The maximum Gasteiger partial charge on any atom is 0.266 e. The summed E-state index contributed by atoms with van der Waals surface area (Å²) in [6.45, 7) is 1.63. The smallest absolute Gasteiger partial charge is 0.266 e. The molecule has 0 bridgehead atoms. The van der Waals surface area contributed by atoms with Crippen LogP contribution in [0.1, 0.15) is 6.92 Å². The zero-order chi connectivity index (χ0) is 18.8. The highest BCUT2D eigenvalue weighted by Gasteiger charge is 2.17. The van der Waals surface area contributed by atoms with Crippen LogP contribution in [0.5, 0.6) is 5.75 Å². The molecule has 1 unspecified atom stereocenters. The number of nitrogens with one attached hydrogen (secondary N) is 2. The molecular weight excluding hydrogens is 365 g/mol. The number of fused-ring (bicyclic) bond motifs is 1. The monoisotopic (exact) mass is 381 g/mol. The number of carbonyl (C=O) groups excluding carboxylic acids is 1. The Morgan fingerprint density at radius 2 is 2.00 bits per heavy atom. The second kappa shape index (κ2) is 7.20. The molecule has 0 spiro atoms. The van der Waals surface area contributed by atoms with Crippen LogP contribution in [0.2, 0.25) is 0 Å². The van der Waals surface area contributed by atoms with Crippen LogP contribution in [0.15, 0.2) is 60.1 Å². The summed E-state index contributed by atoms with van der Waals surface area (Å²) in [5.74, 6) is -0.246. The van der Waals surface area contributed by atoms with Crippen molar-refractivity contribution in [3.63, 3.8) is 0 Å². The van der Waals surface area contributed by atoms with Gasteiger partial charge < -0.3 is 9.72 Å². The average molecular weight is 381 g/mol. The fraction of sp³-hybridized carbons (Fsp3) is 0.100. The Hall–Kier alpha value is -3.19. The highest BCUT2D eigenvalue weighted by molar-refractivity contribution is 7.14. The summed E-state index contributed by atoms with van der Waals surface area (Å²) in [5, 5.41) is 6.24. The molecule has 2 aromatic heterocycles. The van der Waals surface area contributed by atoms with Crippen molar-refractivity contribution in [2.45, 2.75) is 13.0 Å². The van der Waals surface area contributed by atoms with E-state index in [9.17, 15) is 9.18 Å². The molecule has 5 nitrogen and oxygen atoms in total.